The predicted molar refractivity (Wildman–Crippen MR) is 76.0 cm³/mol. The highest BCUT2D eigenvalue weighted by Crippen LogP contribution is 2.32. The lowest BCUT2D eigenvalue weighted by molar-refractivity contribution is -0.139. The molecule has 5 heteroatoms. The molecule has 2 fully saturated rings. The number of carbonyl (C=O) groups excluding carboxylic acids is 2. The van der Waals surface area contributed by atoms with Crippen LogP contribution in [0.2, 0.25) is 0 Å². The van der Waals surface area contributed by atoms with Crippen molar-refractivity contribution in [3.8, 4) is 0 Å². The summed E-state index contributed by atoms with van der Waals surface area (Å²) in [4.78, 5) is 25.6. The highest BCUT2D eigenvalue weighted by Gasteiger charge is 2.46. The molecule has 2 amide bonds. The van der Waals surface area contributed by atoms with Crippen LogP contribution in [0.3, 0.4) is 0 Å². The van der Waals surface area contributed by atoms with E-state index in [1.54, 1.807) is 13.0 Å². The van der Waals surface area contributed by atoms with E-state index < -0.39 is 6.04 Å². The van der Waals surface area contributed by atoms with Crippen LogP contribution in [0, 0.1) is 12.7 Å². The number of hydrogen-bond donors (Lipinski definition) is 1. The van der Waals surface area contributed by atoms with Crippen LogP contribution in [0.15, 0.2) is 18.2 Å². The number of imide groups is 1. The number of halogens is 1. The van der Waals surface area contributed by atoms with Crippen LogP contribution >= 0.6 is 0 Å². The molecular weight excluding hydrogens is 271 g/mol. The molecule has 0 bridgehead atoms. The average molecular weight is 290 g/mol. The molecule has 1 aliphatic heterocycles. The zero-order chi connectivity index (χ0) is 15.1. The van der Waals surface area contributed by atoms with Crippen molar-refractivity contribution in [1.29, 1.82) is 0 Å². The fraction of sp³-hybridized carbons (Fsp3) is 0.500. The Bertz CT molecular complexity index is 598. The Morgan fingerprint density at radius 3 is 2.67 bits per heavy atom. The van der Waals surface area contributed by atoms with E-state index in [9.17, 15) is 14.0 Å². The molecule has 3 rings (SSSR count). The van der Waals surface area contributed by atoms with Gasteiger partial charge in [-0.05, 0) is 43.9 Å². The van der Waals surface area contributed by atoms with E-state index in [0.29, 0.717) is 5.56 Å². The van der Waals surface area contributed by atoms with Crippen LogP contribution in [0.4, 0.5) is 4.39 Å². The van der Waals surface area contributed by atoms with Gasteiger partial charge in [0.2, 0.25) is 11.8 Å². The number of benzene rings is 1. The largest absolute Gasteiger partial charge is 0.299 e. The van der Waals surface area contributed by atoms with Crippen molar-refractivity contribution >= 4 is 11.8 Å². The zero-order valence-corrected chi connectivity index (χ0v) is 12.2. The van der Waals surface area contributed by atoms with Gasteiger partial charge in [0.25, 0.3) is 0 Å². The summed E-state index contributed by atoms with van der Waals surface area (Å²) >= 11 is 0. The first-order chi connectivity index (χ1) is 9.97. The summed E-state index contributed by atoms with van der Waals surface area (Å²) in [6.07, 6.45) is 2.04. The van der Waals surface area contributed by atoms with E-state index in [0.717, 1.165) is 18.4 Å². The molecule has 0 spiro atoms. The lowest BCUT2D eigenvalue weighted by Gasteiger charge is -2.19. The molecule has 4 nitrogen and oxygen atoms in total. The molecule has 21 heavy (non-hydrogen) atoms. The van der Waals surface area contributed by atoms with E-state index in [4.69, 9.17) is 0 Å². The molecule has 2 aliphatic rings. The van der Waals surface area contributed by atoms with E-state index in [-0.39, 0.29) is 36.1 Å². The summed E-state index contributed by atoms with van der Waals surface area (Å²) in [5, 5.41) is 3.16. The highest BCUT2D eigenvalue weighted by molar-refractivity contribution is 6.06. The van der Waals surface area contributed by atoms with Gasteiger partial charge in [0.05, 0.1) is 12.5 Å². The van der Waals surface area contributed by atoms with E-state index in [2.05, 4.69) is 5.32 Å². The number of likely N-dealkylation sites (tertiary alicyclic amines) is 1. The average Bonchev–Trinajstić information content (AvgIpc) is 3.21. The number of amides is 2. The first kappa shape index (κ1) is 14.2. The minimum Gasteiger partial charge on any atom is -0.299 e. The molecule has 1 heterocycles. The lowest BCUT2D eigenvalue weighted by Crippen LogP contribution is -2.40. The van der Waals surface area contributed by atoms with Gasteiger partial charge in [-0.3, -0.25) is 19.8 Å². The van der Waals surface area contributed by atoms with Gasteiger partial charge in [0.1, 0.15) is 5.82 Å². The molecule has 1 N–H and O–H groups in total. The molecule has 1 saturated heterocycles. The molecule has 2 atom stereocenters. The molecule has 112 valence electrons. The quantitative estimate of drug-likeness (QED) is 0.864. The summed E-state index contributed by atoms with van der Waals surface area (Å²) in [6, 6.07) is 4.49. The molecule has 1 saturated carbocycles. The van der Waals surface area contributed by atoms with E-state index in [1.807, 2.05) is 13.0 Å². The van der Waals surface area contributed by atoms with Gasteiger partial charge in [-0.2, -0.15) is 0 Å². The van der Waals surface area contributed by atoms with Crippen molar-refractivity contribution < 1.29 is 14.0 Å². The lowest BCUT2D eigenvalue weighted by atomic mass is 10.0. The Morgan fingerprint density at radius 1 is 1.33 bits per heavy atom. The topological polar surface area (TPSA) is 49.4 Å². The molecule has 1 aliphatic carbocycles. The van der Waals surface area contributed by atoms with Crippen LogP contribution in [0.1, 0.15) is 43.4 Å². The first-order valence-corrected chi connectivity index (χ1v) is 7.35. The summed E-state index contributed by atoms with van der Waals surface area (Å²) in [5.41, 5.74) is 1.38. The van der Waals surface area contributed by atoms with Gasteiger partial charge in [0.15, 0.2) is 0 Å². The van der Waals surface area contributed by atoms with Crippen LogP contribution in [-0.2, 0) is 9.59 Å². The van der Waals surface area contributed by atoms with Gasteiger partial charge in [-0.25, -0.2) is 4.39 Å². The SMILES string of the molecule is Cc1ccc(C(C)NC2CC(=O)N(C3CC3)C2=O)cc1F. The third-order valence-electron chi connectivity index (χ3n) is 4.24. The Labute approximate surface area is 123 Å². The van der Waals surface area contributed by atoms with Gasteiger partial charge in [-0.15, -0.1) is 0 Å². The van der Waals surface area contributed by atoms with Gasteiger partial charge < -0.3 is 0 Å². The predicted octanol–water partition coefficient (Wildman–Crippen LogP) is 2.07. The van der Waals surface area contributed by atoms with E-state index in [1.165, 1.54) is 11.0 Å². The molecule has 2 unspecified atom stereocenters. The molecular formula is C16H19FN2O2. The summed E-state index contributed by atoms with van der Waals surface area (Å²) < 4.78 is 13.6. The number of rotatable bonds is 4. The normalized spacial score (nSPS) is 23.8. The third-order valence-corrected chi connectivity index (χ3v) is 4.24. The highest BCUT2D eigenvalue weighted by atomic mass is 19.1. The second-order valence-electron chi connectivity index (χ2n) is 5.99. The van der Waals surface area contributed by atoms with Crippen molar-refractivity contribution in [3.05, 3.63) is 35.1 Å². The molecule has 1 aromatic rings. The summed E-state index contributed by atoms with van der Waals surface area (Å²) in [6.45, 7) is 3.59. The number of aryl methyl sites for hydroxylation is 1. The third kappa shape index (κ3) is 2.70. The maximum atomic E-state index is 13.6. The minimum absolute atomic E-state index is 0.0951. The molecule has 1 aromatic carbocycles. The van der Waals surface area contributed by atoms with Crippen molar-refractivity contribution in [1.82, 2.24) is 10.2 Å². The van der Waals surface area contributed by atoms with Crippen molar-refractivity contribution in [3.63, 3.8) is 0 Å². The zero-order valence-electron chi connectivity index (χ0n) is 12.2. The van der Waals surface area contributed by atoms with Crippen LogP contribution in [-0.4, -0.2) is 28.8 Å². The first-order valence-electron chi connectivity index (χ1n) is 7.35. The van der Waals surface area contributed by atoms with Gasteiger partial charge in [-0.1, -0.05) is 12.1 Å². The minimum atomic E-state index is -0.488. The number of nitrogens with zero attached hydrogens (tertiary/aromatic N) is 1. The summed E-state index contributed by atoms with van der Waals surface area (Å²) in [7, 11) is 0. The monoisotopic (exact) mass is 290 g/mol. The second kappa shape index (κ2) is 5.22. The van der Waals surface area contributed by atoms with Crippen LogP contribution in [0.5, 0.6) is 0 Å². The Balaban J connectivity index is 1.69. The Kier molecular flexibility index (Phi) is 3.53. The summed E-state index contributed by atoms with van der Waals surface area (Å²) in [5.74, 6) is -0.487. The second-order valence-corrected chi connectivity index (χ2v) is 5.99. The Hall–Kier alpha value is -1.75. The van der Waals surface area contributed by atoms with Crippen molar-refractivity contribution in [2.75, 3.05) is 0 Å². The maximum Gasteiger partial charge on any atom is 0.247 e. The standard InChI is InChI=1S/C16H19FN2O2/c1-9-3-4-11(7-13(9)17)10(2)18-14-8-15(20)19(16(14)21)12-5-6-12/h3-4,7,10,12,14,18H,5-6,8H2,1-2H3. The number of carbonyl (C=O) groups is 2. The maximum absolute atomic E-state index is 13.6. The Morgan fingerprint density at radius 2 is 2.05 bits per heavy atom. The molecule has 0 radical (unpaired) electrons. The fourth-order valence-electron chi connectivity index (χ4n) is 2.77. The van der Waals surface area contributed by atoms with Gasteiger partial charge in [0, 0.05) is 12.1 Å². The van der Waals surface area contributed by atoms with Crippen LogP contribution in [0.25, 0.3) is 0 Å². The van der Waals surface area contributed by atoms with Crippen molar-refractivity contribution in [2.45, 2.75) is 51.2 Å². The molecule has 0 aromatic heterocycles. The van der Waals surface area contributed by atoms with Crippen LogP contribution < -0.4 is 5.32 Å². The number of nitrogens with one attached hydrogen (secondary N) is 1. The van der Waals surface area contributed by atoms with Gasteiger partial charge >= 0.3 is 0 Å². The van der Waals surface area contributed by atoms with Crippen molar-refractivity contribution in [2.24, 2.45) is 0 Å². The van der Waals surface area contributed by atoms with E-state index >= 15 is 0 Å². The smallest absolute Gasteiger partial charge is 0.247 e. The fourth-order valence-corrected chi connectivity index (χ4v) is 2.77. The number of hydrogen-bond acceptors (Lipinski definition) is 3.